The predicted octanol–water partition coefficient (Wildman–Crippen LogP) is 1.63. The lowest BCUT2D eigenvalue weighted by atomic mass is 10.1. The number of nitrogens with zero attached hydrogens (tertiary/aromatic N) is 1. The van der Waals surface area contributed by atoms with Crippen LogP contribution in [0.5, 0.6) is 5.75 Å². The number of Topliss-reactive ketones (excluding diaryl/α,β-unsaturated/α-hetero) is 1. The van der Waals surface area contributed by atoms with Crippen LogP contribution in [0.15, 0.2) is 59.5 Å². The predicted molar refractivity (Wildman–Crippen MR) is 85.9 cm³/mol. The summed E-state index contributed by atoms with van der Waals surface area (Å²) in [7, 11) is -3.63. The summed E-state index contributed by atoms with van der Waals surface area (Å²) in [5.74, 6) is -0.464. The molecule has 7 nitrogen and oxygen atoms in total. The molecule has 1 aromatic rings. The van der Waals surface area contributed by atoms with Crippen LogP contribution >= 0.6 is 0 Å². The summed E-state index contributed by atoms with van der Waals surface area (Å²) in [6, 6.07) is 6.24. The van der Waals surface area contributed by atoms with E-state index in [-0.39, 0.29) is 29.3 Å². The molecule has 0 aromatic heterocycles. The van der Waals surface area contributed by atoms with Crippen LogP contribution in [0.25, 0.3) is 0 Å². The number of rotatable bonds is 3. The van der Waals surface area contributed by atoms with Crippen molar-refractivity contribution in [2.45, 2.75) is 13.3 Å². The van der Waals surface area contributed by atoms with Crippen LogP contribution in [0.2, 0.25) is 0 Å². The van der Waals surface area contributed by atoms with Gasteiger partial charge < -0.3 is 9.64 Å². The van der Waals surface area contributed by atoms with Crippen molar-refractivity contribution < 1.29 is 22.7 Å². The second-order valence-corrected chi connectivity index (χ2v) is 6.80. The molecule has 0 amide bonds. The van der Waals surface area contributed by atoms with Gasteiger partial charge in [-0.05, 0) is 19.1 Å². The molecule has 2 heterocycles. The summed E-state index contributed by atoms with van der Waals surface area (Å²) < 4.78 is 31.0. The second kappa shape index (κ2) is 5.97. The fourth-order valence-corrected chi connectivity index (χ4v) is 3.15. The van der Waals surface area contributed by atoms with E-state index in [1.165, 1.54) is 24.1 Å². The van der Waals surface area contributed by atoms with Crippen molar-refractivity contribution >= 4 is 21.8 Å². The van der Waals surface area contributed by atoms with E-state index in [1.807, 2.05) is 0 Å². The standard InChI is InChI=1S/C16H14N2O5S/c1-11(19)12-4-2-5-13(10-12)23-16(20)14-6-3-7-18-8-9-24(21,22)17-15(14)18/h2-5,7-10,17H,6H2,1H3. The molecular formula is C16H14N2O5S. The number of carbonyl (C=O) groups is 2. The van der Waals surface area contributed by atoms with Crippen molar-refractivity contribution in [3.63, 3.8) is 0 Å². The first-order valence-corrected chi connectivity index (χ1v) is 8.63. The van der Waals surface area contributed by atoms with E-state index in [1.54, 1.807) is 30.5 Å². The van der Waals surface area contributed by atoms with E-state index in [4.69, 9.17) is 4.74 Å². The number of ketones is 1. The normalized spacial score (nSPS) is 18.0. The molecule has 1 N–H and O–H groups in total. The Bertz CT molecular complexity index is 912. The Hall–Kier alpha value is -2.87. The Kier molecular flexibility index (Phi) is 3.98. The van der Waals surface area contributed by atoms with E-state index in [9.17, 15) is 18.0 Å². The molecule has 24 heavy (non-hydrogen) atoms. The maximum Gasteiger partial charge on any atom is 0.343 e. The highest BCUT2D eigenvalue weighted by molar-refractivity contribution is 7.92. The molecule has 8 heteroatoms. The topological polar surface area (TPSA) is 92.8 Å². The van der Waals surface area contributed by atoms with Gasteiger partial charge in [0.2, 0.25) is 0 Å². The SMILES string of the molecule is CC(=O)c1cccc(OC(=O)C2=C3NS(=O)(=O)C=CN3C=CC2)c1. The molecule has 0 unspecified atom stereocenters. The van der Waals surface area contributed by atoms with Crippen molar-refractivity contribution in [2.75, 3.05) is 0 Å². The van der Waals surface area contributed by atoms with Gasteiger partial charge >= 0.3 is 5.97 Å². The molecule has 0 spiro atoms. The highest BCUT2D eigenvalue weighted by Gasteiger charge is 2.28. The molecule has 2 aliphatic heterocycles. The molecule has 0 saturated heterocycles. The third-order valence-corrected chi connectivity index (χ3v) is 4.43. The van der Waals surface area contributed by atoms with Gasteiger partial charge in [0.05, 0.1) is 11.0 Å². The van der Waals surface area contributed by atoms with E-state index in [0.717, 1.165) is 5.41 Å². The van der Waals surface area contributed by atoms with E-state index in [2.05, 4.69) is 4.72 Å². The zero-order valence-electron chi connectivity index (χ0n) is 12.7. The first kappa shape index (κ1) is 16.0. The summed E-state index contributed by atoms with van der Waals surface area (Å²) in [5.41, 5.74) is 0.600. The van der Waals surface area contributed by atoms with Crippen molar-refractivity contribution in [2.24, 2.45) is 0 Å². The lowest BCUT2D eigenvalue weighted by Crippen LogP contribution is -2.37. The highest BCUT2D eigenvalue weighted by Crippen LogP contribution is 2.25. The molecular weight excluding hydrogens is 332 g/mol. The number of nitrogens with one attached hydrogen (secondary N) is 1. The Labute approximate surface area is 139 Å². The summed E-state index contributed by atoms with van der Waals surface area (Å²) in [6.45, 7) is 1.42. The number of esters is 1. The molecule has 1 aromatic carbocycles. The van der Waals surface area contributed by atoms with Crippen molar-refractivity contribution in [1.29, 1.82) is 0 Å². The van der Waals surface area contributed by atoms with Crippen molar-refractivity contribution in [1.82, 2.24) is 9.62 Å². The highest BCUT2D eigenvalue weighted by atomic mass is 32.2. The maximum atomic E-state index is 12.4. The molecule has 0 bridgehead atoms. The van der Waals surface area contributed by atoms with E-state index >= 15 is 0 Å². The number of hydrogen-bond donors (Lipinski definition) is 1. The third kappa shape index (κ3) is 3.23. The van der Waals surface area contributed by atoms with Gasteiger partial charge in [-0.15, -0.1) is 0 Å². The van der Waals surface area contributed by atoms with Crippen LogP contribution in [-0.2, 0) is 14.8 Å². The van der Waals surface area contributed by atoms with Gasteiger partial charge in [-0.25, -0.2) is 13.2 Å². The molecule has 0 radical (unpaired) electrons. The number of allylic oxidation sites excluding steroid dienone is 1. The van der Waals surface area contributed by atoms with Crippen LogP contribution < -0.4 is 9.46 Å². The van der Waals surface area contributed by atoms with Gasteiger partial charge in [-0.1, -0.05) is 18.2 Å². The maximum absolute atomic E-state index is 12.4. The smallest absolute Gasteiger partial charge is 0.343 e. The molecule has 0 aliphatic carbocycles. The van der Waals surface area contributed by atoms with Gasteiger partial charge in [0, 0.05) is 24.4 Å². The molecule has 124 valence electrons. The first-order valence-electron chi connectivity index (χ1n) is 7.08. The number of benzene rings is 1. The minimum absolute atomic E-state index is 0.146. The number of ether oxygens (including phenoxy) is 1. The second-order valence-electron chi connectivity index (χ2n) is 5.23. The summed E-state index contributed by atoms with van der Waals surface area (Å²) in [6.07, 6.45) is 4.95. The average Bonchev–Trinajstić information content (AvgIpc) is 2.53. The fourth-order valence-electron chi connectivity index (χ4n) is 2.29. The quantitative estimate of drug-likeness (QED) is 0.508. The molecule has 0 saturated carbocycles. The number of carbonyl (C=O) groups excluding carboxylic acids is 2. The Morgan fingerprint density at radius 2 is 2.04 bits per heavy atom. The van der Waals surface area contributed by atoms with Crippen LogP contribution in [0.3, 0.4) is 0 Å². The largest absolute Gasteiger partial charge is 0.423 e. The summed E-state index contributed by atoms with van der Waals surface area (Å²) in [4.78, 5) is 25.3. The van der Waals surface area contributed by atoms with Crippen LogP contribution in [-0.4, -0.2) is 25.1 Å². The number of sulfonamides is 1. The van der Waals surface area contributed by atoms with Gasteiger partial charge in [0.15, 0.2) is 5.78 Å². The van der Waals surface area contributed by atoms with E-state index < -0.39 is 16.0 Å². The lowest BCUT2D eigenvalue weighted by molar-refractivity contribution is -0.130. The summed E-state index contributed by atoms with van der Waals surface area (Å²) >= 11 is 0. The van der Waals surface area contributed by atoms with Crippen molar-refractivity contribution in [3.8, 4) is 5.75 Å². The Morgan fingerprint density at radius 3 is 2.79 bits per heavy atom. The van der Waals surface area contributed by atoms with E-state index in [0.29, 0.717) is 5.56 Å². The minimum Gasteiger partial charge on any atom is -0.423 e. The molecule has 2 aliphatic rings. The molecule has 0 fully saturated rings. The Morgan fingerprint density at radius 1 is 1.25 bits per heavy atom. The fraction of sp³-hybridized carbons (Fsp3) is 0.125. The van der Waals surface area contributed by atoms with Crippen LogP contribution in [0, 0.1) is 0 Å². The van der Waals surface area contributed by atoms with Gasteiger partial charge in [0.1, 0.15) is 11.6 Å². The minimum atomic E-state index is -3.63. The zero-order chi connectivity index (χ0) is 17.3. The monoisotopic (exact) mass is 346 g/mol. The van der Waals surface area contributed by atoms with Crippen LogP contribution in [0.1, 0.15) is 23.7 Å². The zero-order valence-corrected chi connectivity index (χ0v) is 13.5. The van der Waals surface area contributed by atoms with Gasteiger partial charge in [-0.2, -0.15) is 0 Å². The van der Waals surface area contributed by atoms with Gasteiger partial charge in [-0.3, -0.25) is 9.52 Å². The molecule has 0 atom stereocenters. The summed E-state index contributed by atoms with van der Waals surface area (Å²) in [5, 5.41) is 1.01. The van der Waals surface area contributed by atoms with Crippen molar-refractivity contribution in [3.05, 3.63) is 65.1 Å². The van der Waals surface area contributed by atoms with Crippen LogP contribution in [0.4, 0.5) is 0 Å². The molecule has 3 rings (SSSR count). The first-order chi connectivity index (χ1) is 11.4. The third-order valence-electron chi connectivity index (χ3n) is 3.47. The Balaban J connectivity index is 1.89. The number of hydrogen-bond acceptors (Lipinski definition) is 6. The van der Waals surface area contributed by atoms with Gasteiger partial charge in [0.25, 0.3) is 10.0 Å². The average molecular weight is 346 g/mol. The lowest BCUT2D eigenvalue weighted by Gasteiger charge is -2.28. The number of fused-ring (bicyclic) bond motifs is 1.